The largest absolute Gasteiger partial charge is 0.482 e. The number of hydrogen-bond acceptors (Lipinski definition) is 7. The number of anilines is 1. The SMILES string of the molecule is Cc1c(CCN(c2ccc(OCc3ccccc3)c([N+](=O)[O-])c2)C(C)O)c(C)c2c(c1Cc1ccccc1)OCO2. The number of nitrogens with zero attached hydrogens (tertiary/aromatic N) is 2. The second-order valence-corrected chi connectivity index (χ2v) is 10.2. The minimum Gasteiger partial charge on any atom is -0.482 e. The molecule has 212 valence electrons. The van der Waals surface area contributed by atoms with Crippen LogP contribution in [-0.2, 0) is 19.4 Å². The second kappa shape index (κ2) is 12.3. The lowest BCUT2D eigenvalue weighted by Gasteiger charge is -2.29. The Morgan fingerprint density at radius 2 is 1.59 bits per heavy atom. The van der Waals surface area contributed by atoms with Crippen LogP contribution in [0.3, 0.4) is 0 Å². The second-order valence-electron chi connectivity index (χ2n) is 10.2. The highest BCUT2D eigenvalue weighted by Crippen LogP contribution is 2.44. The third-order valence-electron chi connectivity index (χ3n) is 7.57. The highest BCUT2D eigenvalue weighted by atomic mass is 16.7. The molecule has 0 aromatic heterocycles. The molecule has 1 atom stereocenters. The highest BCUT2D eigenvalue weighted by Gasteiger charge is 2.27. The van der Waals surface area contributed by atoms with E-state index in [-0.39, 0.29) is 24.8 Å². The molecule has 1 N–H and O–H groups in total. The molecular weight excluding hydrogens is 520 g/mol. The molecule has 0 bridgehead atoms. The number of aliphatic hydroxyl groups is 1. The Bertz CT molecular complexity index is 1520. The molecule has 1 aliphatic rings. The molecule has 0 fully saturated rings. The summed E-state index contributed by atoms with van der Waals surface area (Å²) in [6.45, 7) is 6.62. The number of ether oxygens (including phenoxy) is 3. The van der Waals surface area contributed by atoms with Crippen LogP contribution in [0.2, 0.25) is 0 Å². The van der Waals surface area contributed by atoms with E-state index in [1.807, 2.05) is 55.5 Å². The van der Waals surface area contributed by atoms with E-state index in [9.17, 15) is 15.2 Å². The first-order valence-electron chi connectivity index (χ1n) is 13.7. The van der Waals surface area contributed by atoms with Crippen molar-refractivity contribution in [1.29, 1.82) is 0 Å². The maximum Gasteiger partial charge on any atom is 0.312 e. The molecule has 41 heavy (non-hydrogen) atoms. The molecule has 4 aromatic rings. The molecule has 5 rings (SSSR count). The van der Waals surface area contributed by atoms with Gasteiger partial charge in [-0.3, -0.25) is 10.1 Å². The maximum absolute atomic E-state index is 12.0. The van der Waals surface area contributed by atoms with E-state index in [0.29, 0.717) is 25.1 Å². The van der Waals surface area contributed by atoms with Gasteiger partial charge in [0, 0.05) is 30.3 Å². The van der Waals surface area contributed by atoms with Gasteiger partial charge in [-0.1, -0.05) is 60.7 Å². The van der Waals surface area contributed by atoms with Gasteiger partial charge >= 0.3 is 5.69 Å². The maximum atomic E-state index is 12.0. The van der Waals surface area contributed by atoms with Crippen molar-refractivity contribution in [2.45, 2.75) is 46.4 Å². The highest BCUT2D eigenvalue weighted by molar-refractivity contribution is 5.63. The summed E-state index contributed by atoms with van der Waals surface area (Å²) in [7, 11) is 0. The predicted molar refractivity (Wildman–Crippen MR) is 158 cm³/mol. The van der Waals surface area contributed by atoms with Crippen LogP contribution in [0.1, 0.15) is 40.3 Å². The predicted octanol–water partition coefficient (Wildman–Crippen LogP) is 6.50. The van der Waals surface area contributed by atoms with Gasteiger partial charge in [-0.15, -0.1) is 0 Å². The topological polar surface area (TPSA) is 94.3 Å². The Morgan fingerprint density at radius 1 is 0.927 bits per heavy atom. The number of aliphatic hydroxyl groups excluding tert-OH is 1. The van der Waals surface area contributed by atoms with Crippen molar-refractivity contribution in [1.82, 2.24) is 0 Å². The van der Waals surface area contributed by atoms with Gasteiger partial charge in [0.05, 0.1) is 4.92 Å². The van der Waals surface area contributed by atoms with Crippen molar-refractivity contribution in [3.8, 4) is 17.2 Å². The van der Waals surface area contributed by atoms with Crippen molar-refractivity contribution in [2.75, 3.05) is 18.2 Å². The van der Waals surface area contributed by atoms with Crippen LogP contribution in [0.5, 0.6) is 17.2 Å². The summed E-state index contributed by atoms with van der Waals surface area (Å²) >= 11 is 0. The molecule has 1 unspecified atom stereocenters. The Kier molecular flexibility index (Phi) is 8.40. The Morgan fingerprint density at radius 3 is 2.24 bits per heavy atom. The van der Waals surface area contributed by atoms with Crippen LogP contribution in [-0.4, -0.2) is 29.6 Å². The van der Waals surface area contributed by atoms with Crippen molar-refractivity contribution >= 4 is 11.4 Å². The number of rotatable bonds is 11. The average molecular weight is 555 g/mol. The molecule has 8 nitrogen and oxygen atoms in total. The molecule has 0 amide bonds. The molecule has 0 aliphatic carbocycles. The van der Waals surface area contributed by atoms with E-state index in [1.165, 1.54) is 11.6 Å². The van der Waals surface area contributed by atoms with Gasteiger partial charge in [-0.05, 0) is 67.1 Å². The molecule has 4 aromatic carbocycles. The normalized spacial score (nSPS) is 12.7. The monoisotopic (exact) mass is 554 g/mol. The number of nitro groups is 1. The minimum absolute atomic E-state index is 0.148. The fourth-order valence-electron chi connectivity index (χ4n) is 5.39. The van der Waals surface area contributed by atoms with Gasteiger partial charge in [0.15, 0.2) is 17.2 Å². The summed E-state index contributed by atoms with van der Waals surface area (Å²) in [5.74, 6) is 1.73. The number of nitro benzene ring substituents is 1. The van der Waals surface area contributed by atoms with Crippen molar-refractivity contribution in [2.24, 2.45) is 0 Å². The fourth-order valence-corrected chi connectivity index (χ4v) is 5.39. The molecule has 1 aliphatic heterocycles. The summed E-state index contributed by atoms with van der Waals surface area (Å²) in [6, 6.07) is 24.5. The standard InChI is InChI=1S/C33H34N2O6/c1-22-28(23(2)32-33(41-21-40-32)29(22)18-25-10-6-4-7-11-25)16-17-34(24(3)36)27-14-15-31(30(19-27)35(37)38)39-20-26-12-8-5-9-13-26/h4-15,19,24,36H,16-18,20-21H2,1-3H3. The van der Waals surface area contributed by atoms with Crippen LogP contribution in [0.4, 0.5) is 11.4 Å². The van der Waals surface area contributed by atoms with E-state index in [4.69, 9.17) is 14.2 Å². The van der Waals surface area contributed by atoms with Crippen LogP contribution < -0.4 is 19.1 Å². The Hall–Kier alpha value is -4.56. The third-order valence-corrected chi connectivity index (χ3v) is 7.57. The first-order valence-corrected chi connectivity index (χ1v) is 13.7. The molecular formula is C33H34N2O6. The molecule has 0 spiro atoms. The zero-order valence-electron chi connectivity index (χ0n) is 23.5. The van der Waals surface area contributed by atoms with E-state index in [0.717, 1.165) is 39.3 Å². The van der Waals surface area contributed by atoms with Gasteiger partial charge in [0.1, 0.15) is 12.8 Å². The molecule has 8 heteroatoms. The zero-order valence-corrected chi connectivity index (χ0v) is 23.5. The lowest BCUT2D eigenvalue weighted by Crippen LogP contribution is -2.35. The Labute approximate surface area is 239 Å². The van der Waals surface area contributed by atoms with Gasteiger partial charge < -0.3 is 24.2 Å². The van der Waals surface area contributed by atoms with Crippen molar-refractivity contribution in [3.05, 3.63) is 122 Å². The lowest BCUT2D eigenvalue weighted by atomic mass is 9.90. The first kappa shape index (κ1) is 28.0. The van der Waals surface area contributed by atoms with Crippen LogP contribution in [0.25, 0.3) is 0 Å². The Balaban J connectivity index is 1.41. The van der Waals surface area contributed by atoms with Gasteiger partial charge in [-0.25, -0.2) is 0 Å². The van der Waals surface area contributed by atoms with E-state index >= 15 is 0 Å². The van der Waals surface area contributed by atoms with Gasteiger partial charge in [0.2, 0.25) is 6.79 Å². The molecule has 0 radical (unpaired) electrons. The quantitative estimate of drug-likeness (QED) is 0.129. The zero-order chi connectivity index (χ0) is 28.9. The van der Waals surface area contributed by atoms with Crippen LogP contribution >= 0.6 is 0 Å². The van der Waals surface area contributed by atoms with Crippen molar-refractivity contribution < 1.29 is 24.2 Å². The minimum atomic E-state index is -0.871. The summed E-state index contributed by atoms with van der Waals surface area (Å²) < 4.78 is 17.6. The summed E-state index contributed by atoms with van der Waals surface area (Å²) in [5, 5.41) is 22.7. The summed E-state index contributed by atoms with van der Waals surface area (Å²) in [6.07, 6.45) is 0.438. The number of fused-ring (bicyclic) bond motifs is 1. The van der Waals surface area contributed by atoms with E-state index in [1.54, 1.807) is 24.0 Å². The number of benzene rings is 4. The fraction of sp³-hybridized carbons (Fsp3) is 0.273. The molecule has 0 saturated carbocycles. The summed E-state index contributed by atoms with van der Waals surface area (Å²) in [4.78, 5) is 13.3. The van der Waals surface area contributed by atoms with Crippen molar-refractivity contribution in [3.63, 3.8) is 0 Å². The van der Waals surface area contributed by atoms with Crippen LogP contribution in [0, 0.1) is 24.0 Å². The van der Waals surface area contributed by atoms with Gasteiger partial charge in [0.25, 0.3) is 0 Å². The number of hydrogen-bond donors (Lipinski definition) is 1. The van der Waals surface area contributed by atoms with Gasteiger partial charge in [-0.2, -0.15) is 0 Å². The molecule has 1 heterocycles. The van der Waals surface area contributed by atoms with E-state index < -0.39 is 11.2 Å². The first-order chi connectivity index (χ1) is 19.8. The molecule has 0 saturated heterocycles. The summed E-state index contributed by atoms with van der Waals surface area (Å²) in [5.41, 5.74) is 6.81. The smallest absolute Gasteiger partial charge is 0.312 e. The average Bonchev–Trinajstić information content (AvgIpc) is 3.47. The third kappa shape index (κ3) is 6.12. The lowest BCUT2D eigenvalue weighted by molar-refractivity contribution is -0.385. The van der Waals surface area contributed by atoms with Crippen LogP contribution in [0.15, 0.2) is 78.9 Å². The van der Waals surface area contributed by atoms with E-state index in [2.05, 4.69) is 19.1 Å².